The molecule has 3 rings (SSSR count). The quantitative estimate of drug-likeness (QED) is 0.888. The zero-order chi connectivity index (χ0) is 15.4. The number of fused-ring (bicyclic) bond motifs is 1. The van der Waals surface area contributed by atoms with Crippen molar-refractivity contribution < 1.29 is 9.84 Å². The summed E-state index contributed by atoms with van der Waals surface area (Å²) in [7, 11) is 1.72. The van der Waals surface area contributed by atoms with Crippen molar-refractivity contribution in [1.29, 1.82) is 0 Å². The number of ether oxygens (including phenoxy) is 1. The van der Waals surface area contributed by atoms with Crippen LogP contribution in [0.15, 0.2) is 36.4 Å². The Morgan fingerprint density at radius 3 is 2.68 bits per heavy atom. The molecule has 0 saturated carbocycles. The van der Waals surface area contributed by atoms with E-state index >= 15 is 0 Å². The maximum atomic E-state index is 9.58. The van der Waals surface area contributed by atoms with Crippen LogP contribution in [0.1, 0.15) is 18.0 Å². The van der Waals surface area contributed by atoms with Crippen molar-refractivity contribution in [3.8, 4) is 5.75 Å². The van der Waals surface area contributed by atoms with E-state index in [1.54, 1.807) is 7.11 Å². The Bertz CT molecular complexity index is 624. The molecule has 4 nitrogen and oxygen atoms in total. The van der Waals surface area contributed by atoms with E-state index in [9.17, 15) is 5.11 Å². The number of piperazine rings is 1. The monoisotopic (exact) mass is 300 g/mol. The van der Waals surface area contributed by atoms with Crippen molar-refractivity contribution in [2.24, 2.45) is 0 Å². The second-order valence-corrected chi connectivity index (χ2v) is 5.72. The molecule has 118 valence electrons. The lowest BCUT2D eigenvalue weighted by atomic mass is 9.94. The minimum Gasteiger partial charge on any atom is -0.496 e. The fourth-order valence-electron chi connectivity index (χ4n) is 3.42. The molecule has 0 aromatic heterocycles. The molecule has 1 saturated heterocycles. The molecule has 1 atom stereocenters. The summed E-state index contributed by atoms with van der Waals surface area (Å²) in [5, 5.41) is 15.4. The molecule has 0 spiro atoms. The summed E-state index contributed by atoms with van der Waals surface area (Å²) in [5.74, 6) is 0.913. The third-order valence-corrected chi connectivity index (χ3v) is 4.48. The topological polar surface area (TPSA) is 44.7 Å². The van der Waals surface area contributed by atoms with Crippen LogP contribution in [0, 0.1) is 0 Å². The fourth-order valence-corrected chi connectivity index (χ4v) is 3.42. The first-order chi connectivity index (χ1) is 10.8. The number of benzene rings is 2. The van der Waals surface area contributed by atoms with Crippen molar-refractivity contribution in [1.82, 2.24) is 10.2 Å². The minimum absolute atomic E-state index is 0.182. The smallest absolute Gasteiger partial charge is 0.124 e. The van der Waals surface area contributed by atoms with E-state index in [0.717, 1.165) is 38.3 Å². The number of nitrogens with zero attached hydrogens (tertiary/aromatic N) is 1. The second-order valence-electron chi connectivity index (χ2n) is 5.72. The summed E-state index contributed by atoms with van der Waals surface area (Å²) in [5.41, 5.74) is 1.21. The van der Waals surface area contributed by atoms with Crippen LogP contribution >= 0.6 is 0 Å². The average Bonchev–Trinajstić information content (AvgIpc) is 2.59. The zero-order valence-corrected chi connectivity index (χ0v) is 13.1. The van der Waals surface area contributed by atoms with Crippen molar-refractivity contribution in [2.75, 3.05) is 39.9 Å². The summed E-state index contributed by atoms with van der Waals surface area (Å²) in [6, 6.07) is 12.7. The Morgan fingerprint density at radius 1 is 1.18 bits per heavy atom. The van der Waals surface area contributed by atoms with Crippen LogP contribution in [0.4, 0.5) is 0 Å². The van der Waals surface area contributed by atoms with E-state index in [1.165, 1.54) is 16.3 Å². The maximum absolute atomic E-state index is 9.58. The highest BCUT2D eigenvalue weighted by molar-refractivity contribution is 5.88. The number of hydrogen-bond donors (Lipinski definition) is 2. The van der Waals surface area contributed by atoms with Gasteiger partial charge in [-0.25, -0.2) is 0 Å². The van der Waals surface area contributed by atoms with Gasteiger partial charge in [0.15, 0.2) is 0 Å². The SMILES string of the molecule is COc1ccc2ccccc2c1[C@@H](CCO)N1CCNCC1. The molecule has 1 heterocycles. The number of rotatable bonds is 5. The van der Waals surface area contributed by atoms with Gasteiger partial charge in [0.05, 0.1) is 7.11 Å². The van der Waals surface area contributed by atoms with Crippen LogP contribution in [0.25, 0.3) is 10.8 Å². The third kappa shape index (κ3) is 2.95. The molecule has 0 radical (unpaired) electrons. The number of hydrogen-bond acceptors (Lipinski definition) is 4. The lowest BCUT2D eigenvalue weighted by Crippen LogP contribution is -2.45. The summed E-state index contributed by atoms with van der Waals surface area (Å²) < 4.78 is 5.65. The van der Waals surface area contributed by atoms with Crippen LogP contribution in [0.2, 0.25) is 0 Å². The van der Waals surface area contributed by atoms with E-state index in [-0.39, 0.29) is 12.6 Å². The van der Waals surface area contributed by atoms with Gasteiger partial charge in [-0.2, -0.15) is 0 Å². The molecular formula is C18H24N2O2. The standard InChI is InChI=1S/C18H24N2O2/c1-22-17-7-6-14-4-2-3-5-15(14)18(17)16(8-13-21)20-11-9-19-10-12-20/h2-7,16,19,21H,8-13H2,1H3/t16-/m1/s1. The molecule has 4 heteroatoms. The molecule has 0 bridgehead atoms. The van der Waals surface area contributed by atoms with E-state index < -0.39 is 0 Å². The van der Waals surface area contributed by atoms with Gasteiger partial charge in [0.2, 0.25) is 0 Å². The third-order valence-electron chi connectivity index (χ3n) is 4.48. The van der Waals surface area contributed by atoms with E-state index in [0.29, 0.717) is 0 Å². The maximum Gasteiger partial charge on any atom is 0.124 e. The van der Waals surface area contributed by atoms with Crippen LogP contribution in [0.5, 0.6) is 5.75 Å². The first-order valence-corrected chi connectivity index (χ1v) is 7.96. The van der Waals surface area contributed by atoms with E-state index in [4.69, 9.17) is 4.74 Å². The number of aliphatic hydroxyl groups excluding tert-OH is 1. The van der Waals surface area contributed by atoms with Gasteiger partial charge in [0.1, 0.15) is 5.75 Å². The first kappa shape index (κ1) is 15.3. The van der Waals surface area contributed by atoms with Gasteiger partial charge < -0.3 is 15.2 Å². The number of aliphatic hydroxyl groups is 1. The van der Waals surface area contributed by atoms with Crippen LogP contribution in [0.3, 0.4) is 0 Å². The molecule has 22 heavy (non-hydrogen) atoms. The second kappa shape index (κ2) is 7.09. The molecule has 0 amide bonds. The lowest BCUT2D eigenvalue weighted by molar-refractivity contribution is 0.140. The molecule has 2 aromatic rings. The fraction of sp³-hybridized carbons (Fsp3) is 0.444. The Hall–Kier alpha value is -1.62. The van der Waals surface area contributed by atoms with Crippen molar-refractivity contribution in [3.63, 3.8) is 0 Å². The average molecular weight is 300 g/mol. The van der Waals surface area contributed by atoms with Gasteiger partial charge in [-0.3, -0.25) is 4.90 Å². The van der Waals surface area contributed by atoms with Crippen LogP contribution < -0.4 is 10.1 Å². The predicted molar refractivity (Wildman–Crippen MR) is 89.4 cm³/mol. The summed E-state index contributed by atoms with van der Waals surface area (Å²) in [4.78, 5) is 2.46. The highest BCUT2D eigenvalue weighted by atomic mass is 16.5. The molecular weight excluding hydrogens is 276 g/mol. The summed E-state index contributed by atoms with van der Waals surface area (Å²) >= 11 is 0. The molecule has 0 unspecified atom stereocenters. The predicted octanol–water partition coefficient (Wildman–Crippen LogP) is 2.18. The van der Waals surface area contributed by atoms with E-state index in [1.807, 2.05) is 6.07 Å². The van der Waals surface area contributed by atoms with Gasteiger partial charge in [-0.05, 0) is 23.3 Å². The Balaban J connectivity index is 2.10. The van der Waals surface area contributed by atoms with Crippen molar-refractivity contribution >= 4 is 10.8 Å². The number of methoxy groups -OCH3 is 1. The van der Waals surface area contributed by atoms with Gasteiger partial charge in [-0.1, -0.05) is 30.3 Å². The Kier molecular flexibility index (Phi) is 4.93. The highest BCUT2D eigenvalue weighted by Crippen LogP contribution is 2.37. The van der Waals surface area contributed by atoms with Gasteiger partial charge in [0, 0.05) is 44.4 Å². The summed E-state index contributed by atoms with van der Waals surface area (Å²) in [6.45, 7) is 4.17. The molecule has 0 aliphatic carbocycles. The molecule has 1 fully saturated rings. The minimum atomic E-state index is 0.182. The van der Waals surface area contributed by atoms with E-state index in [2.05, 4.69) is 40.5 Å². The largest absolute Gasteiger partial charge is 0.496 e. The van der Waals surface area contributed by atoms with Gasteiger partial charge in [0.25, 0.3) is 0 Å². The Morgan fingerprint density at radius 2 is 1.95 bits per heavy atom. The van der Waals surface area contributed by atoms with Crippen molar-refractivity contribution in [2.45, 2.75) is 12.5 Å². The van der Waals surface area contributed by atoms with Crippen LogP contribution in [-0.2, 0) is 0 Å². The lowest BCUT2D eigenvalue weighted by Gasteiger charge is -2.36. The summed E-state index contributed by atoms with van der Waals surface area (Å²) in [6.07, 6.45) is 0.727. The van der Waals surface area contributed by atoms with Gasteiger partial charge >= 0.3 is 0 Å². The molecule has 2 N–H and O–H groups in total. The Labute approximate surface area is 131 Å². The normalized spacial score (nSPS) is 17.5. The molecule has 2 aromatic carbocycles. The van der Waals surface area contributed by atoms with Crippen LogP contribution in [-0.4, -0.2) is 49.9 Å². The molecule has 1 aliphatic heterocycles. The highest BCUT2D eigenvalue weighted by Gasteiger charge is 2.26. The van der Waals surface area contributed by atoms with Crippen molar-refractivity contribution in [3.05, 3.63) is 42.0 Å². The number of nitrogens with one attached hydrogen (secondary N) is 1. The first-order valence-electron chi connectivity index (χ1n) is 7.96. The molecule has 1 aliphatic rings. The van der Waals surface area contributed by atoms with Gasteiger partial charge in [-0.15, -0.1) is 0 Å². The zero-order valence-electron chi connectivity index (χ0n) is 13.1.